The van der Waals surface area contributed by atoms with Gasteiger partial charge in [0.05, 0.1) is 18.9 Å². The molecule has 4 rings (SSSR count). The van der Waals surface area contributed by atoms with E-state index in [4.69, 9.17) is 9.47 Å². The van der Waals surface area contributed by atoms with Crippen molar-refractivity contribution in [3.63, 3.8) is 0 Å². The molecule has 8 heteroatoms. The molecule has 0 unspecified atom stereocenters. The number of nitroso groups, excluding NO2 is 1. The number of halogens is 1. The van der Waals surface area contributed by atoms with Crippen LogP contribution in [-0.4, -0.2) is 37.2 Å². The van der Waals surface area contributed by atoms with Gasteiger partial charge in [-0.1, -0.05) is 0 Å². The number of aromatic nitrogens is 1. The maximum absolute atomic E-state index is 13.0. The van der Waals surface area contributed by atoms with Gasteiger partial charge in [0, 0.05) is 29.5 Å². The van der Waals surface area contributed by atoms with Crippen LogP contribution in [0.2, 0.25) is 0 Å². The van der Waals surface area contributed by atoms with Crippen molar-refractivity contribution in [1.82, 2.24) is 4.98 Å². The summed E-state index contributed by atoms with van der Waals surface area (Å²) in [6.07, 6.45) is 0. The van der Waals surface area contributed by atoms with Gasteiger partial charge in [0.25, 0.3) is 0 Å². The molecule has 0 N–H and O–H groups in total. The lowest BCUT2D eigenvalue weighted by Gasteiger charge is -2.29. The van der Waals surface area contributed by atoms with Crippen LogP contribution in [0.5, 0.6) is 11.5 Å². The molecule has 30 heavy (non-hydrogen) atoms. The van der Waals surface area contributed by atoms with Crippen molar-refractivity contribution in [1.29, 1.82) is 0 Å². The summed E-state index contributed by atoms with van der Waals surface area (Å²) >= 11 is 0. The third-order valence-electron chi connectivity index (χ3n) is 4.69. The molecule has 0 aliphatic carbocycles. The highest BCUT2D eigenvalue weighted by Crippen LogP contribution is 2.28. The summed E-state index contributed by atoms with van der Waals surface area (Å²) in [7, 11) is 0. The zero-order valence-electron chi connectivity index (χ0n) is 16.0. The lowest BCUT2D eigenvalue weighted by atomic mass is 10.1. The number of ether oxygens (including phenoxy) is 2. The fourth-order valence-electron chi connectivity index (χ4n) is 3.16. The monoisotopic (exact) mass is 407 g/mol. The van der Waals surface area contributed by atoms with E-state index in [1.165, 1.54) is 12.1 Å². The molecule has 0 bridgehead atoms. The molecule has 2 heterocycles. The van der Waals surface area contributed by atoms with Gasteiger partial charge >= 0.3 is 5.91 Å². The van der Waals surface area contributed by atoms with E-state index >= 15 is 0 Å². The first-order chi connectivity index (χ1) is 14.6. The van der Waals surface area contributed by atoms with Gasteiger partial charge in [-0.2, -0.15) is 0 Å². The predicted molar refractivity (Wildman–Crippen MR) is 109 cm³/mol. The van der Waals surface area contributed by atoms with Gasteiger partial charge in [-0.15, -0.1) is 4.91 Å². The number of morpholine rings is 1. The molecule has 0 atom stereocenters. The SMILES string of the molecule is O=NC(=O)c1cc(N2CCOCC2)cc(-c2ccc(Oc3ccc(F)cc3)cc2)n1. The fraction of sp³-hybridized carbons (Fsp3) is 0.182. The van der Waals surface area contributed by atoms with Crippen LogP contribution in [0, 0.1) is 10.7 Å². The fourth-order valence-corrected chi connectivity index (χ4v) is 3.16. The Hall–Kier alpha value is -3.65. The van der Waals surface area contributed by atoms with Crippen molar-refractivity contribution in [2.75, 3.05) is 31.2 Å². The minimum Gasteiger partial charge on any atom is -0.457 e. The summed E-state index contributed by atoms with van der Waals surface area (Å²) < 4.78 is 24.1. The summed E-state index contributed by atoms with van der Waals surface area (Å²) in [5.74, 6) is -0.163. The number of hydrogen-bond donors (Lipinski definition) is 0. The van der Waals surface area contributed by atoms with Crippen LogP contribution in [0.1, 0.15) is 10.5 Å². The van der Waals surface area contributed by atoms with Gasteiger partial charge in [0.15, 0.2) is 0 Å². The number of carbonyl (C=O) groups is 1. The number of rotatable bonds is 5. The average molecular weight is 407 g/mol. The van der Waals surface area contributed by atoms with Crippen LogP contribution in [0.3, 0.4) is 0 Å². The summed E-state index contributed by atoms with van der Waals surface area (Å²) in [5, 5.41) is 2.51. The molecule has 1 aromatic heterocycles. The van der Waals surface area contributed by atoms with Gasteiger partial charge in [0.2, 0.25) is 0 Å². The minimum absolute atomic E-state index is 0.00405. The Morgan fingerprint density at radius 3 is 2.27 bits per heavy atom. The Morgan fingerprint density at radius 1 is 1.00 bits per heavy atom. The van der Waals surface area contributed by atoms with Crippen molar-refractivity contribution >= 4 is 11.6 Å². The van der Waals surface area contributed by atoms with E-state index in [1.54, 1.807) is 42.5 Å². The molecule has 3 aromatic rings. The lowest BCUT2D eigenvalue weighted by Crippen LogP contribution is -2.36. The number of benzene rings is 2. The normalized spacial score (nSPS) is 13.7. The standard InChI is InChI=1S/C22H18FN3O4/c23-16-3-7-19(8-4-16)30-18-5-1-15(2-6-18)20-13-17(26-9-11-29-12-10-26)14-21(24-20)22(27)25-28/h1-8,13-14H,9-12H2. The molecule has 7 nitrogen and oxygen atoms in total. The Bertz CT molecular complexity index is 1050. The van der Waals surface area contributed by atoms with E-state index in [-0.39, 0.29) is 11.5 Å². The molecule has 0 spiro atoms. The number of anilines is 1. The Labute approximate surface area is 172 Å². The summed E-state index contributed by atoms with van der Waals surface area (Å²) in [4.78, 5) is 29.0. The Balaban J connectivity index is 1.62. The van der Waals surface area contributed by atoms with E-state index in [2.05, 4.69) is 15.1 Å². The van der Waals surface area contributed by atoms with Crippen LogP contribution in [-0.2, 0) is 4.74 Å². The molecule has 1 aliphatic rings. The molecular formula is C22H18FN3O4. The van der Waals surface area contributed by atoms with E-state index in [1.807, 2.05) is 6.07 Å². The van der Waals surface area contributed by atoms with E-state index in [9.17, 15) is 14.1 Å². The Kier molecular flexibility index (Phi) is 5.76. The topological polar surface area (TPSA) is 81.1 Å². The number of carbonyl (C=O) groups excluding carboxylic acids is 1. The first-order valence-electron chi connectivity index (χ1n) is 9.39. The zero-order chi connectivity index (χ0) is 20.9. The summed E-state index contributed by atoms with van der Waals surface area (Å²) in [6, 6.07) is 16.3. The van der Waals surface area contributed by atoms with Crippen LogP contribution < -0.4 is 9.64 Å². The van der Waals surface area contributed by atoms with Gasteiger partial charge in [-0.05, 0) is 60.7 Å². The van der Waals surface area contributed by atoms with Crippen LogP contribution in [0.4, 0.5) is 10.1 Å². The average Bonchev–Trinajstić information content (AvgIpc) is 2.81. The third kappa shape index (κ3) is 4.49. The van der Waals surface area contributed by atoms with Crippen LogP contribution in [0.25, 0.3) is 11.3 Å². The number of hydrogen-bond acceptors (Lipinski definition) is 6. The second-order valence-corrected chi connectivity index (χ2v) is 6.67. The van der Waals surface area contributed by atoms with Gasteiger partial charge in [-0.3, -0.25) is 4.79 Å². The van der Waals surface area contributed by atoms with Crippen molar-refractivity contribution in [3.8, 4) is 22.8 Å². The highest BCUT2D eigenvalue weighted by Gasteiger charge is 2.17. The molecule has 1 fully saturated rings. The third-order valence-corrected chi connectivity index (χ3v) is 4.69. The van der Waals surface area contributed by atoms with E-state index < -0.39 is 5.91 Å². The minimum atomic E-state index is -0.914. The molecule has 152 valence electrons. The second-order valence-electron chi connectivity index (χ2n) is 6.67. The molecule has 1 saturated heterocycles. The molecule has 1 amide bonds. The van der Waals surface area contributed by atoms with Gasteiger partial charge in [-0.25, -0.2) is 9.37 Å². The highest BCUT2D eigenvalue weighted by molar-refractivity contribution is 5.94. The largest absolute Gasteiger partial charge is 0.457 e. The van der Waals surface area contributed by atoms with E-state index in [0.717, 1.165) is 11.3 Å². The van der Waals surface area contributed by atoms with Gasteiger partial charge < -0.3 is 14.4 Å². The maximum atomic E-state index is 13.0. The first kappa shape index (κ1) is 19.7. The lowest BCUT2D eigenvalue weighted by molar-refractivity contribution is 0.0996. The van der Waals surface area contributed by atoms with Gasteiger partial charge in [0.1, 0.15) is 23.0 Å². The first-order valence-corrected chi connectivity index (χ1v) is 9.39. The van der Waals surface area contributed by atoms with Crippen LogP contribution in [0.15, 0.2) is 65.8 Å². The van der Waals surface area contributed by atoms with Crippen molar-refractivity contribution < 1.29 is 18.7 Å². The van der Waals surface area contributed by atoms with Crippen LogP contribution >= 0.6 is 0 Å². The quantitative estimate of drug-likeness (QED) is 0.583. The van der Waals surface area contributed by atoms with Crippen molar-refractivity contribution in [2.24, 2.45) is 5.18 Å². The number of amides is 1. The number of nitrogens with zero attached hydrogens (tertiary/aromatic N) is 3. The zero-order valence-corrected chi connectivity index (χ0v) is 16.0. The van der Waals surface area contributed by atoms with Crippen molar-refractivity contribution in [3.05, 3.63) is 77.1 Å². The molecule has 2 aromatic carbocycles. The summed E-state index contributed by atoms with van der Waals surface area (Å²) in [6.45, 7) is 2.52. The molecule has 0 saturated carbocycles. The maximum Gasteiger partial charge on any atom is 0.335 e. The second kappa shape index (κ2) is 8.79. The Morgan fingerprint density at radius 2 is 1.63 bits per heavy atom. The van der Waals surface area contributed by atoms with E-state index in [0.29, 0.717) is 43.5 Å². The highest BCUT2D eigenvalue weighted by atomic mass is 19.1. The molecule has 0 radical (unpaired) electrons. The van der Waals surface area contributed by atoms with Crippen molar-refractivity contribution in [2.45, 2.75) is 0 Å². The molecule has 1 aliphatic heterocycles. The number of pyridine rings is 1. The molecular weight excluding hydrogens is 389 g/mol. The summed E-state index contributed by atoms with van der Waals surface area (Å²) in [5.41, 5.74) is 2.06. The smallest absolute Gasteiger partial charge is 0.335 e. The predicted octanol–water partition coefficient (Wildman–Crippen LogP) is 4.42.